The Labute approximate surface area is 201 Å². The molecular weight excluding hydrogens is 440 g/mol. The Morgan fingerprint density at radius 2 is 1.58 bits per heavy atom. The van der Waals surface area contributed by atoms with Gasteiger partial charge >= 0.3 is 0 Å². The lowest BCUT2D eigenvalue weighted by Crippen LogP contribution is -2.30. The number of ether oxygens (including phenoxy) is 3. The van der Waals surface area contributed by atoms with Crippen LogP contribution in [0.15, 0.2) is 34.8 Å². The van der Waals surface area contributed by atoms with Gasteiger partial charge in [-0.15, -0.1) is 0 Å². The monoisotopic (exact) mass is 472 g/mol. The van der Waals surface area contributed by atoms with Gasteiger partial charge in [0.1, 0.15) is 11.5 Å². The lowest BCUT2D eigenvalue weighted by atomic mass is 9.73. The summed E-state index contributed by atoms with van der Waals surface area (Å²) in [6.07, 6.45) is 8.33. The fraction of sp³-hybridized carbons (Fsp3) is 0.556. The highest BCUT2D eigenvalue weighted by Gasteiger charge is 2.42. The number of Topliss-reactive ketones (excluding diaryl/α,β-unsaturated/α-hetero) is 2. The number of hydrogen-bond acceptors (Lipinski definition) is 5. The zero-order chi connectivity index (χ0) is 23.4. The van der Waals surface area contributed by atoms with Crippen LogP contribution in [0.1, 0.15) is 89.5 Å². The Balaban J connectivity index is 1.74. The van der Waals surface area contributed by atoms with Crippen molar-refractivity contribution < 1.29 is 23.8 Å². The van der Waals surface area contributed by atoms with Gasteiger partial charge in [-0.3, -0.25) is 9.59 Å². The first-order chi connectivity index (χ1) is 16.0. The molecule has 0 saturated heterocycles. The van der Waals surface area contributed by atoms with Gasteiger partial charge in [0.25, 0.3) is 0 Å². The number of allylic oxidation sites excluding steroid dienone is 4. The van der Waals surface area contributed by atoms with E-state index in [4.69, 9.17) is 25.8 Å². The molecule has 178 valence electrons. The average molecular weight is 473 g/mol. The van der Waals surface area contributed by atoms with E-state index in [1.54, 1.807) is 0 Å². The molecule has 0 N–H and O–H groups in total. The molecule has 0 unspecified atom stereocenters. The van der Waals surface area contributed by atoms with Crippen molar-refractivity contribution in [1.82, 2.24) is 0 Å². The molecule has 1 aliphatic heterocycles. The second kappa shape index (κ2) is 10.8. The van der Waals surface area contributed by atoms with Crippen molar-refractivity contribution in [3.05, 3.63) is 45.4 Å². The maximum absolute atomic E-state index is 13.0. The molecule has 33 heavy (non-hydrogen) atoms. The van der Waals surface area contributed by atoms with Crippen molar-refractivity contribution in [2.45, 2.75) is 84.0 Å². The van der Waals surface area contributed by atoms with E-state index >= 15 is 0 Å². The Kier molecular flexibility index (Phi) is 7.79. The Morgan fingerprint density at radius 3 is 2.18 bits per heavy atom. The number of carbonyl (C=O) groups excluding carboxylic acids is 2. The van der Waals surface area contributed by atoms with Crippen molar-refractivity contribution in [3.63, 3.8) is 0 Å². The third-order valence-corrected chi connectivity index (χ3v) is 6.83. The van der Waals surface area contributed by atoms with Gasteiger partial charge in [0, 0.05) is 42.7 Å². The van der Waals surface area contributed by atoms with Crippen LogP contribution in [0.2, 0.25) is 5.02 Å². The van der Waals surface area contributed by atoms with E-state index in [-0.39, 0.29) is 11.6 Å². The molecular formula is C27H33ClO5. The van der Waals surface area contributed by atoms with Gasteiger partial charge in [-0.25, -0.2) is 0 Å². The van der Waals surface area contributed by atoms with Crippen molar-refractivity contribution in [1.29, 1.82) is 0 Å². The molecule has 2 aliphatic carbocycles. The lowest BCUT2D eigenvalue weighted by molar-refractivity contribution is -0.117. The average Bonchev–Trinajstić information content (AvgIpc) is 2.79. The van der Waals surface area contributed by atoms with Gasteiger partial charge in [0.05, 0.1) is 18.2 Å². The van der Waals surface area contributed by atoms with Gasteiger partial charge in [-0.1, -0.05) is 37.8 Å². The van der Waals surface area contributed by atoms with Crippen molar-refractivity contribution in [3.8, 4) is 11.5 Å². The van der Waals surface area contributed by atoms with Crippen molar-refractivity contribution in [2.75, 3.05) is 13.2 Å². The molecule has 4 rings (SSSR count). The summed E-state index contributed by atoms with van der Waals surface area (Å²) < 4.78 is 18.1. The SMILES string of the molecule is CCCCCCOc1c(Cl)cc(C2C3=C(CCCC3=O)OC3=C2C(=O)CCC3)cc1OCC. The van der Waals surface area contributed by atoms with Gasteiger partial charge in [-0.2, -0.15) is 0 Å². The van der Waals surface area contributed by atoms with Crippen LogP contribution in [-0.4, -0.2) is 24.8 Å². The van der Waals surface area contributed by atoms with E-state index in [0.29, 0.717) is 66.6 Å². The molecule has 1 aromatic carbocycles. The first kappa shape index (κ1) is 23.9. The minimum Gasteiger partial charge on any atom is -0.490 e. The second-order valence-electron chi connectivity index (χ2n) is 8.93. The number of unbranched alkanes of at least 4 members (excludes halogenated alkanes) is 3. The predicted octanol–water partition coefficient (Wildman–Crippen LogP) is 6.83. The maximum atomic E-state index is 13.0. The van der Waals surface area contributed by atoms with E-state index in [2.05, 4.69) is 6.92 Å². The molecule has 0 fully saturated rings. The van der Waals surface area contributed by atoms with Gasteiger partial charge in [0.15, 0.2) is 23.1 Å². The summed E-state index contributed by atoms with van der Waals surface area (Å²) >= 11 is 6.71. The number of halogens is 1. The van der Waals surface area contributed by atoms with Crippen LogP contribution < -0.4 is 9.47 Å². The predicted molar refractivity (Wildman–Crippen MR) is 128 cm³/mol. The summed E-state index contributed by atoms with van der Waals surface area (Å²) in [5, 5.41) is 0.439. The highest BCUT2D eigenvalue weighted by atomic mass is 35.5. The van der Waals surface area contributed by atoms with Crippen molar-refractivity contribution in [2.24, 2.45) is 0 Å². The van der Waals surface area contributed by atoms with Crippen LogP contribution in [0.4, 0.5) is 0 Å². The lowest BCUT2D eigenvalue weighted by Gasteiger charge is -2.36. The summed E-state index contributed by atoms with van der Waals surface area (Å²) in [6, 6.07) is 3.73. The molecule has 0 atom stereocenters. The minimum atomic E-state index is -0.459. The number of ketones is 2. The molecule has 0 spiro atoms. The van der Waals surface area contributed by atoms with Crippen LogP contribution in [0.3, 0.4) is 0 Å². The topological polar surface area (TPSA) is 61.8 Å². The van der Waals surface area contributed by atoms with Crippen LogP contribution >= 0.6 is 11.6 Å². The third-order valence-electron chi connectivity index (χ3n) is 6.55. The van der Waals surface area contributed by atoms with Crippen LogP contribution in [0.5, 0.6) is 11.5 Å². The highest BCUT2D eigenvalue weighted by molar-refractivity contribution is 6.32. The third kappa shape index (κ3) is 4.98. The molecule has 0 bridgehead atoms. The number of hydrogen-bond donors (Lipinski definition) is 0. The van der Waals surface area contributed by atoms with Crippen LogP contribution in [0, 0.1) is 0 Å². The molecule has 0 radical (unpaired) electrons. The van der Waals surface area contributed by atoms with Gasteiger partial charge in [-0.05, 0) is 43.9 Å². The zero-order valence-corrected chi connectivity index (χ0v) is 20.4. The number of carbonyl (C=O) groups is 2. The number of rotatable bonds is 9. The molecule has 0 amide bonds. The summed E-state index contributed by atoms with van der Waals surface area (Å²) in [5.41, 5.74) is 2.01. The van der Waals surface area contributed by atoms with Crippen molar-refractivity contribution >= 4 is 23.2 Å². The van der Waals surface area contributed by atoms with Gasteiger partial charge < -0.3 is 14.2 Å². The normalized spacial score (nSPS) is 18.8. The number of benzene rings is 1. The fourth-order valence-electron chi connectivity index (χ4n) is 5.01. The maximum Gasteiger partial charge on any atom is 0.179 e. The van der Waals surface area contributed by atoms with Crippen LogP contribution in [-0.2, 0) is 14.3 Å². The Hall–Kier alpha value is -2.27. The smallest absolute Gasteiger partial charge is 0.179 e. The molecule has 0 aromatic heterocycles. The second-order valence-corrected chi connectivity index (χ2v) is 9.34. The molecule has 1 heterocycles. The molecule has 3 aliphatic rings. The molecule has 5 nitrogen and oxygen atoms in total. The fourth-order valence-corrected chi connectivity index (χ4v) is 5.29. The highest BCUT2D eigenvalue weighted by Crippen LogP contribution is 2.50. The summed E-state index contributed by atoms with van der Waals surface area (Å²) in [5.74, 6) is 2.16. The largest absolute Gasteiger partial charge is 0.490 e. The first-order valence-electron chi connectivity index (χ1n) is 12.3. The van der Waals surface area contributed by atoms with E-state index in [9.17, 15) is 9.59 Å². The standard InChI is InChI=1S/C27H33ClO5/c1-3-5-6-7-14-32-27-18(28)15-17(16-23(27)31-4-2)24-25-19(29)10-8-12-21(25)33-22-13-9-11-20(30)26(22)24/h15-16,24H,3-14H2,1-2H3. The van der Waals surface area contributed by atoms with E-state index in [1.807, 2.05) is 19.1 Å². The van der Waals surface area contributed by atoms with Crippen LogP contribution in [0.25, 0.3) is 0 Å². The Morgan fingerprint density at radius 1 is 0.909 bits per heavy atom. The quantitative estimate of drug-likeness (QED) is 0.369. The Bertz CT molecular complexity index is 948. The van der Waals surface area contributed by atoms with E-state index in [0.717, 1.165) is 49.2 Å². The summed E-state index contributed by atoms with van der Waals surface area (Å²) in [7, 11) is 0. The minimum absolute atomic E-state index is 0.0523. The molecule has 0 saturated carbocycles. The zero-order valence-electron chi connectivity index (χ0n) is 19.6. The summed E-state index contributed by atoms with van der Waals surface area (Å²) in [4.78, 5) is 26.0. The first-order valence-corrected chi connectivity index (χ1v) is 12.7. The summed E-state index contributed by atoms with van der Waals surface area (Å²) in [6.45, 7) is 5.11. The molecule has 1 aromatic rings. The van der Waals surface area contributed by atoms with Gasteiger partial charge in [0.2, 0.25) is 0 Å². The van der Waals surface area contributed by atoms with E-state index < -0.39 is 5.92 Å². The molecule has 6 heteroatoms. The van der Waals surface area contributed by atoms with E-state index in [1.165, 1.54) is 6.42 Å².